The molecule has 4 rings (SSSR count). The maximum atomic E-state index is 12.8. The number of fused-ring (bicyclic) bond motifs is 3. The maximum absolute atomic E-state index is 12.8. The van der Waals surface area contributed by atoms with Crippen molar-refractivity contribution >= 4 is 5.97 Å². The molecule has 0 radical (unpaired) electrons. The lowest BCUT2D eigenvalue weighted by Crippen LogP contribution is -2.33. The van der Waals surface area contributed by atoms with E-state index < -0.39 is 42.3 Å². The van der Waals surface area contributed by atoms with Crippen molar-refractivity contribution in [1.29, 1.82) is 0 Å². The van der Waals surface area contributed by atoms with Crippen LogP contribution in [0.2, 0.25) is 0 Å². The van der Waals surface area contributed by atoms with E-state index in [1.54, 1.807) is 18.2 Å². The van der Waals surface area contributed by atoms with Gasteiger partial charge in [-0.05, 0) is 78.2 Å². The Balaban J connectivity index is 1.42. The summed E-state index contributed by atoms with van der Waals surface area (Å²) in [6.45, 7) is 14.0. The van der Waals surface area contributed by atoms with Crippen LogP contribution in [0, 0.1) is 5.92 Å². The molecule has 1 saturated heterocycles. The smallest absolute Gasteiger partial charge is 0.330 e. The third-order valence-electron chi connectivity index (χ3n) is 7.82. The first-order chi connectivity index (χ1) is 20.3. The van der Waals surface area contributed by atoms with E-state index in [1.807, 2.05) is 39.8 Å². The average molecular weight is 603 g/mol. The van der Waals surface area contributed by atoms with Gasteiger partial charge in [0.25, 0.3) is 0 Å². The minimum Gasteiger partial charge on any atom is -0.456 e. The summed E-state index contributed by atoms with van der Waals surface area (Å²) < 4.78 is 23.7. The summed E-state index contributed by atoms with van der Waals surface area (Å²) in [6.07, 6.45) is 12.3. The average Bonchev–Trinajstić information content (AvgIpc) is 3.68. The Morgan fingerprint density at radius 3 is 2.65 bits per heavy atom. The summed E-state index contributed by atoms with van der Waals surface area (Å²) in [5.41, 5.74) is 1.54. The molecule has 43 heavy (non-hydrogen) atoms. The van der Waals surface area contributed by atoms with Crippen LogP contribution in [0.5, 0.6) is 0 Å². The molecule has 0 aromatic rings. The van der Waals surface area contributed by atoms with E-state index in [0.717, 1.165) is 30.4 Å². The zero-order valence-corrected chi connectivity index (χ0v) is 26.2. The summed E-state index contributed by atoms with van der Waals surface area (Å²) in [5.74, 6) is -0.195. The van der Waals surface area contributed by atoms with E-state index in [0.29, 0.717) is 25.2 Å². The minimum absolute atomic E-state index is 0.102. The Morgan fingerprint density at radius 1 is 1.09 bits per heavy atom. The van der Waals surface area contributed by atoms with Crippen LogP contribution in [0.4, 0.5) is 0 Å². The molecule has 9 heteroatoms. The quantitative estimate of drug-likeness (QED) is 0.144. The SMILES string of the molecule is C=C1CC(C)CC2CC=CC(C/C=C\C(=O)OC(C(O)/C=C/C3CC(C)=CC(OOC(C)(C)C)O3)CC3OC3C(O)C1)O2. The van der Waals surface area contributed by atoms with Crippen molar-refractivity contribution in [3.63, 3.8) is 0 Å². The third kappa shape index (κ3) is 11.4. The molecule has 0 aromatic carbocycles. The first kappa shape index (κ1) is 33.8. The van der Waals surface area contributed by atoms with Gasteiger partial charge in [-0.15, -0.1) is 0 Å². The topological polar surface area (TPSA) is 116 Å². The zero-order chi connectivity index (χ0) is 31.1. The monoisotopic (exact) mass is 602 g/mol. The molecule has 10 unspecified atom stereocenters. The van der Waals surface area contributed by atoms with Crippen molar-refractivity contribution < 1.29 is 43.7 Å². The number of rotatable bonds is 5. The van der Waals surface area contributed by atoms with Gasteiger partial charge in [0.1, 0.15) is 18.3 Å². The number of hydrogen-bond donors (Lipinski definition) is 2. The fraction of sp³-hybridized carbons (Fsp3) is 0.676. The van der Waals surface area contributed by atoms with Gasteiger partial charge in [0.15, 0.2) is 0 Å². The van der Waals surface area contributed by atoms with Gasteiger partial charge in [-0.25, -0.2) is 9.68 Å². The highest BCUT2D eigenvalue weighted by Gasteiger charge is 2.46. The van der Waals surface area contributed by atoms with E-state index in [4.69, 9.17) is 28.7 Å². The van der Waals surface area contributed by atoms with Crippen molar-refractivity contribution in [3.05, 3.63) is 60.3 Å². The van der Waals surface area contributed by atoms with Crippen LogP contribution in [0.15, 0.2) is 60.3 Å². The molecule has 0 aromatic heterocycles. The van der Waals surface area contributed by atoms with Gasteiger partial charge in [-0.2, -0.15) is 4.89 Å². The highest BCUT2D eigenvalue weighted by atomic mass is 17.2. The van der Waals surface area contributed by atoms with Gasteiger partial charge in [0, 0.05) is 12.5 Å². The lowest BCUT2D eigenvalue weighted by atomic mass is 9.91. The highest BCUT2D eigenvalue weighted by Crippen LogP contribution is 2.35. The zero-order valence-electron chi connectivity index (χ0n) is 26.2. The molecule has 240 valence electrons. The fourth-order valence-electron chi connectivity index (χ4n) is 5.79. The van der Waals surface area contributed by atoms with E-state index in [1.165, 1.54) is 6.08 Å². The molecule has 4 aliphatic rings. The molecular formula is C34H50O9. The molecule has 0 aliphatic carbocycles. The van der Waals surface area contributed by atoms with Crippen molar-refractivity contribution in [2.75, 3.05) is 0 Å². The molecule has 0 spiro atoms. The van der Waals surface area contributed by atoms with Gasteiger partial charge in [-0.3, -0.25) is 0 Å². The van der Waals surface area contributed by atoms with E-state index in [9.17, 15) is 15.0 Å². The number of aliphatic hydroxyl groups excluding tert-OH is 2. The first-order valence-electron chi connectivity index (χ1n) is 15.6. The number of hydrogen-bond acceptors (Lipinski definition) is 9. The predicted octanol–water partition coefficient (Wildman–Crippen LogP) is 5.18. The Morgan fingerprint density at radius 2 is 1.88 bits per heavy atom. The summed E-state index contributed by atoms with van der Waals surface area (Å²) >= 11 is 0. The van der Waals surface area contributed by atoms with Crippen LogP contribution < -0.4 is 0 Å². The second-order valence-corrected chi connectivity index (χ2v) is 13.4. The lowest BCUT2D eigenvalue weighted by molar-refractivity contribution is -0.408. The van der Waals surface area contributed by atoms with Crippen molar-refractivity contribution in [2.24, 2.45) is 5.92 Å². The van der Waals surface area contributed by atoms with Crippen LogP contribution in [0.1, 0.15) is 79.6 Å². The fourth-order valence-corrected chi connectivity index (χ4v) is 5.79. The first-order valence-corrected chi connectivity index (χ1v) is 15.6. The number of cyclic esters (lactones) is 1. The molecular weight excluding hydrogens is 552 g/mol. The number of carbonyl (C=O) groups is 1. The largest absolute Gasteiger partial charge is 0.456 e. The van der Waals surface area contributed by atoms with Crippen LogP contribution in [0.25, 0.3) is 0 Å². The normalized spacial score (nSPS) is 37.9. The number of carbonyl (C=O) groups excluding carboxylic acids is 1. The summed E-state index contributed by atoms with van der Waals surface area (Å²) in [7, 11) is 0. The van der Waals surface area contributed by atoms with Gasteiger partial charge in [0.2, 0.25) is 6.29 Å². The number of esters is 1. The van der Waals surface area contributed by atoms with Crippen LogP contribution >= 0.6 is 0 Å². The summed E-state index contributed by atoms with van der Waals surface area (Å²) in [6, 6.07) is 0. The molecule has 9 nitrogen and oxygen atoms in total. The second-order valence-electron chi connectivity index (χ2n) is 13.4. The van der Waals surface area contributed by atoms with Crippen LogP contribution in [-0.2, 0) is 33.5 Å². The molecule has 0 saturated carbocycles. The van der Waals surface area contributed by atoms with Crippen molar-refractivity contribution in [1.82, 2.24) is 0 Å². The van der Waals surface area contributed by atoms with Gasteiger partial charge < -0.3 is 29.2 Å². The van der Waals surface area contributed by atoms with Gasteiger partial charge in [-0.1, -0.05) is 55.0 Å². The second kappa shape index (κ2) is 15.3. The number of aliphatic hydroxyl groups is 2. The Bertz CT molecular complexity index is 1070. The Hall–Kier alpha value is -2.11. The predicted molar refractivity (Wildman–Crippen MR) is 162 cm³/mol. The molecule has 0 amide bonds. The number of epoxide rings is 1. The van der Waals surface area contributed by atoms with Gasteiger partial charge in [0.05, 0.1) is 36.1 Å². The molecule has 1 fully saturated rings. The number of ether oxygens (including phenoxy) is 4. The minimum atomic E-state index is -1.12. The summed E-state index contributed by atoms with van der Waals surface area (Å²) in [5, 5.41) is 22.0. The molecule has 2 N–H and O–H groups in total. The van der Waals surface area contributed by atoms with E-state index >= 15 is 0 Å². The molecule has 10 atom stereocenters. The van der Waals surface area contributed by atoms with Gasteiger partial charge >= 0.3 is 5.97 Å². The lowest BCUT2D eigenvalue weighted by Gasteiger charge is -2.28. The standard InChI is InChI=1S/C34H50O9/c1-21-15-22(2)18-28(36)33-30(41-33)20-29(40-31(37)12-8-10-24-9-7-11-25(16-21)38-24)27(35)14-13-26-17-23(3)19-32(39-26)42-43-34(4,5)6/h7-9,12-14,19,21,24-30,32-33,35-36H,2,10-11,15-18,20H2,1,3-6H3/b12-8-,14-13+. The Kier molecular flexibility index (Phi) is 12.0. The van der Waals surface area contributed by atoms with E-state index in [-0.39, 0.29) is 30.8 Å². The molecule has 4 heterocycles. The van der Waals surface area contributed by atoms with Crippen LogP contribution in [-0.4, -0.2) is 76.9 Å². The highest BCUT2D eigenvalue weighted by molar-refractivity contribution is 5.82. The molecule has 2 bridgehead atoms. The Labute approximate surface area is 256 Å². The molecule has 4 aliphatic heterocycles. The maximum Gasteiger partial charge on any atom is 0.330 e. The van der Waals surface area contributed by atoms with Crippen molar-refractivity contribution in [2.45, 2.75) is 140 Å². The third-order valence-corrected chi connectivity index (χ3v) is 7.82. The van der Waals surface area contributed by atoms with Crippen LogP contribution in [0.3, 0.4) is 0 Å². The van der Waals surface area contributed by atoms with E-state index in [2.05, 4.69) is 19.6 Å². The van der Waals surface area contributed by atoms with Crippen molar-refractivity contribution in [3.8, 4) is 0 Å². The summed E-state index contributed by atoms with van der Waals surface area (Å²) in [4.78, 5) is 23.7.